The summed E-state index contributed by atoms with van der Waals surface area (Å²) in [5, 5.41) is 7.26. The van der Waals surface area contributed by atoms with Gasteiger partial charge in [-0.05, 0) is 48.4 Å². The molecule has 2 N–H and O–H groups in total. The van der Waals surface area contributed by atoms with Gasteiger partial charge in [0.05, 0.1) is 16.3 Å². The molecule has 0 radical (unpaired) electrons. The molecule has 1 heterocycles. The number of hydrazone groups is 1. The smallest absolute Gasteiger partial charge is 0.262 e. The van der Waals surface area contributed by atoms with Crippen molar-refractivity contribution in [2.75, 3.05) is 0 Å². The van der Waals surface area contributed by atoms with Crippen molar-refractivity contribution in [3.8, 4) is 11.3 Å². The van der Waals surface area contributed by atoms with Crippen LogP contribution in [0.3, 0.4) is 0 Å². The topological polar surface area (TPSA) is 83.7 Å². The first-order chi connectivity index (χ1) is 15.2. The van der Waals surface area contributed by atoms with Crippen molar-refractivity contribution in [3.63, 3.8) is 0 Å². The minimum absolute atomic E-state index is 0.176. The van der Waals surface area contributed by atoms with Gasteiger partial charge >= 0.3 is 0 Å². The van der Waals surface area contributed by atoms with E-state index >= 15 is 0 Å². The number of nitrogens with zero attached hydrogens (tertiary/aromatic N) is 1. The summed E-state index contributed by atoms with van der Waals surface area (Å²) in [6.45, 7) is 3.64. The highest BCUT2D eigenvalue weighted by Gasteiger charge is 2.24. The zero-order valence-electron chi connectivity index (χ0n) is 17.2. The third kappa shape index (κ3) is 6.22. The molecule has 0 bridgehead atoms. The molecule has 166 valence electrons. The van der Waals surface area contributed by atoms with E-state index in [1.807, 2.05) is 44.2 Å². The third-order valence-corrected chi connectivity index (χ3v) is 5.81. The second-order valence-electron chi connectivity index (χ2n) is 7.27. The van der Waals surface area contributed by atoms with Crippen LogP contribution >= 0.6 is 39.1 Å². The largest absolute Gasteiger partial charge is 0.455 e. The number of carbonyl (C=O) groups is 2. The van der Waals surface area contributed by atoms with Gasteiger partial charge in [0.1, 0.15) is 17.6 Å². The van der Waals surface area contributed by atoms with Crippen molar-refractivity contribution in [2.45, 2.75) is 19.9 Å². The molecule has 3 aromatic rings. The molecule has 1 unspecified atom stereocenters. The van der Waals surface area contributed by atoms with Crippen molar-refractivity contribution in [1.29, 1.82) is 0 Å². The number of halogens is 3. The SMILES string of the molecule is CC(C)C(NC(=O)c1ccc(Cl)c(Cl)c1)C(=O)N/N=C/c1ccc(-c2ccc(Br)cc2)o1. The van der Waals surface area contributed by atoms with Gasteiger partial charge in [-0.1, -0.05) is 65.1 Å². The number of nitrogens with one attached hydrogen (secondary N) is 2. The molecule has 1 atom stereocenters. The molecule has 0 aliphatic carbocycles. The number of carbonyl (C=O) groups excluding carboxylic acids is 2. The zero-order chi connectivity index (χ0) is 23.3. The highest BCUT2D eigenvalue weighted by Crippen LogP contribution is 2.24. The molecule has 32 heavy (non-hydrogen) atoms. The second-order valence-corrected chi connectivity index (χ2v) is 9.00. The van der Waals surface area contributed by atoms with Gasteiger partial charge in [-0.25, -0.2) is 5.43 Å². The predicted octanol–water partition coefficient (Wildman–Crippen LogP) is 5.92. The number of hydrogen-bond donors (Lipinski definition) is 2. The molecule has 3 rings (SSSR count). The quantitative estimate of drug-likeness (QED) is 0.290. The maximum Gasteiger partial charge on any atom is 0.262 e. The van der Waals surface area contributed by atoms with Crippen LogP contribution in [0.5, 0.6) is 0 Å². The molecular formula is C23H20BrCl2N3O3. The van der Waals surface area contributed by atoms with Crippen LogP contribution in [0.25, 0.3) is 11.3 Å². The molecule has 0 saturated carbocycles. The van der Waals surface area contributed by atoms with Gasteiger partial charge < -0.3 is 9.73 Å². The van der Waals surface area contributed by atoms with Crippen molar-refractivity contribution in [2.24, 2.45) is 11.0 Å². The number of furan rings is 1. The van der Waals surface area contributed by atoms with Gasteiger partial charge in [-0.2, -0.15) is 5.10 Å². The lowest BCUT2D eigenvalue weighted by Crippen LogP contribution is -2.48. The van der Waals surface area contributed by atoms with Crippen LogP contribution in [-0.2, 0) is 4.79 Å². The Hall–Kier alpha value is -2.61. The maximum atomic E-state index is 12.6. The highest BCUT2D eigenvalue weighted by molar-refractivity contribution is 9.10. The first-order valence-electron chi connectivity index (χ1n) is 9.69. The number of amides is 2. The van der Waals surface area contributed by atoms with Crippen LogP contribution in [0, 0.1) is 5.92 Å². The summed E-state index contributed by atoms with van der Waals surface area (Å²) in [6, 6.07) is 15.0. The lowest BCUT2D eigenvalue weighted by Gasteiger charge is -2.20. The highest BCUT2D eigenvalue weighted by atomic mass is 79.9. The number of rotatable bonds is 7. The zero-order valence-corrected chi connectivity index (χ0v) is 20.3. The van der Waals surface area contributed by atoms with Crippen molar-refractivity contribution < 1.29 is 14.0 Å². The van der Waals surface area contributed by atoms with Crippen LogP contribution in [0.4, 0.5) is 0 Å². The van der Waals surface area contributed by atoms with Gasteiger partial charge in [-0.15, -0.1) is 0 Å². The summed E-state index contributed by atoms with van der Waals surface area (Å²) in [5.74, 6) is 0.0869. The number of hydrogen-bond acceptors (Lipinski definition) is 4. The fraction of sp³-hybridized carbons (Fsp3) is 0.174. The van der Waals surface area contributed by atoms with Crippen LogP contribution in [0.15, 0.2) is 68.6 Å². The first kappa shape index (κ1) is 24.0. The van der Waals surface area contributed by atoms with Gasteiger partial charge in [0.25, 0.3) is 11.8 Å². The predicted molar refractivity (Wildman–Crippen MR) is 130 cm³/mol. The Labute approximate surface area is 204 Å². The minimum Gasteiger partial charge on any atom is -0.455 e. The van der Waals surface area contributed by atoms with Crippen molar-refractivity contribution in [1.82, 2.24) is 10.7 Å². The molecule has 2 amide bonds. The average Bonchev–Trinajstić information content (AvgIpc) is 3.22. The minimum atomic E-state index is -0.802. The summed E-state index contributed by atoms with van der Waals surface area (Å²) in [6.07, 6.45) is 1.40. The lowest BCUT2D eigenvalue weighted by molar-refractivity contribution is -0.123. The fourth-order valence-corrected chi connectivity index (χ4v) is 3.38. The Kier molecular flexibility index (Phi) is 8.12. The average molecular weight is 537 g/mol. The normalized spacial score (nSPS) is 12.2. The number of benzene rings is 2. The fourth-order valence-electron chi connectivity index (χ4n) is 2.82. The third-order valence-electron chi connectivity index (χ3n) is 4.54. The molecule has 0 spiro atoms. The monoisotopic (exact) mass is 535 g/mol. The molecular weight excluding hydrogens is 517 g/mol. The molecule has 0 fully saturated rings. The summed E-state index contributed by atoms with van der Waals surface area (Å²) in [5.41, 5.74) is 3.67. The molecule has 0 aliphatic rings. The molecule has 0 aliphatic heterocycles. The Balaban J connectivity index is 1.62. The Bertz CT molecular complexity index is 1140. The van der Waals surface area contributed by atoms with E-state index in [-0.39, 0.29) is 10.9 Å². The maximum absolute atomic E-state index is 12.6. The van der Waals surface area contributed by atoms with Crippen LogP contribution in [0.1, 0.15) is 30.0 Å². The van der Waals surface area contributed by atoms with Crippen molar-refractivity contribution in [3.05, 3.63) is 80.4 Å². The molecule has 1 aromatic heterocycles. The molecule has 6 nitrogen and oxygen atoms in total. The summed E-state index contributed by atoms with van der Waals surface area (Å²) < 4.78 is 6.71. The molecule has 9 heteroatoms. The van der Waals surface area contributed by atoms with E-state index in [1.165, 1.54) is 24.4 Å². The second kappa shape index (κ2) is 10.8. The standard InChI is InChI=1S/C23H20BrCl2N3O3/c1-13(2)21(28-22(30)15-5-9-18(25)19(26)11-15)23(31)29-27-12-17-8-10-20(32-17)14-3-6-16(24)7-4-14/h3-13,21H,1-2H3,(H,28,30)(H,29,31)/b27-12+. The van der Waals surface area contributed by atoms with Gasteiger partial charge in [0.15, 0.2) is 0 Å². The van der Waals surface area contributed by atoms with E-state index in [9.17, 15) is 9.59 Å². The van der Waals surface area contributed by atoms with E-state index in [2.05, 4.69) is 31.8 Å². The summed E-state index contributed by atoms with van der Waals surface area (Å²) in [4.78, 5) is 25.1. The Morgan fingerprint density at radius 2 is 1.75 bits per heavy atom. The van der Waals surface area contributed by atoms with Crippen LogP contribution in [0.2, 0.25) is 10.0 Å². The van der Waals surface area contributed by atoms with E-state index in [1.54, 1.807) is 6.07 Å². The van der Waals surface area contributed by atoms with Crippen LogP contribution in [-0.4, -0.2) is 24.1 Å². The van der Waals surface area contributed by atoms with Crippen LogP contribution < -0.4 is 10.7 Å². The molecule has 0 saturated heterocycles. The van der Waals surface area contributed by atoms with Gasteiger partial charge in [0.2, 0.25) is 0 Å². The Morgan fingerprint density at radius 3 is 2.41 bits per heavy atom. The van der Waals surface area contributed by atoms with Crippen molar-refractivity contribution >= 4 is 57.2 Å². The Morgan fingerprint density at radius 1 is 1.03 bits per heavy atom. The van der Waals surface area contributed by atoms with Gasteiger partial charge in [0, 0.05) is 15.6 Å². The van der Waals surface area contributed by atoms with E-state index in [0.29, 0.717) is 22.1 Å². The molecule has 2 aromatic carbocycles. The summed E-state index contributed by atoms with van der Waals surface area (Å²) >= 11 is 15.3. The lowest BCUT2D eigenvalue weighted by atomic mass is 10.0. The van der Waals surface area contributed by atoms with E-state index in [4.69, 9.17) is 27.6 Å². The van der Waals surface area contributed by atoms with E-state index in [0.717, 1.165) is 10.0 Å². The van der Waals surface area contributed by atoms with E-state index < -0.39 is 17.9 Å². The summed E-state index contributed by atoms with van der Waals surface area (Å²) in [7, 11) is 0. The first-order valence-corrected chi connectivity index (χ1v) is 11.2. The van der Waals surface area contributed by atoms with Gasteiger partial charge in [-0.3, -0.25) is 9.59 Å².